The molecule has 3 N–H and O–H groups in total. The quantitative estimate of drug-likeness (QED) is 0.665. The summed E-state index contributed by atoms with van der Waals surface area (Å²) in [5.74, 6) is 1.60. The van der Waals surface area contributed by atoms with Gasteiger partial charge >= 0.3 is 0 Å². The van der Waals surface area contributed by atoms with Crippen molar-refractivity contribution in [2.24, 2.45) is 0 Å². The average molecular weight is 392 g/mol. The van der Waals surface area contributed by atoms with Crippen molar-refractivity contribution in [1.82, 2.24) is 9.97 Å². The molecule has 0 aliphatic carbocycles. The molecule has 0 spiro atoms. The smallest absolute Gasteiger partial charge is 0.222 e. The third-order valence-corrected chi connectivity index (χ3v) is 3.95. The molecule has 21 heavy (non-hydrogen) atoms. The van der Waals surface area contributed by atoms with Crippen LogP contribution in [-0.2, 0) is 6.54 Å². The van der Waals surface area contributed by atoms with Gasteiger partial charge in [-0.05, 0) is 40.3 Å². The normalized spacial score (nSPS) is 10.5. The van der Waals surface area contributed by atoms with Crippen LogP contribution in [0.1, 0.15) is 5.56 Å². The first-order valence-corrected chi connectivity index (χ1v) is 7.46. The average Bonchev–Trinajstić information content (AvgIpc) is 3.03. The summed E-state index contributed by atoms with van der Waals surface area (Å²) in [6.07, 6.45) is 1.61. The predicted molar refractivity (Wildman–Crippen MR) is 90.6 cm³/mol. The Balaban J connectivity index is 1.89. The van der Waals surface area contributed by atoms with Crippen LogP contribution in [0, 0.1) is 3.57 Å². The van der Waals surface area contributed by atoms with Crippen LogP contribution < -0.4 is 11.1 Å². The molecule has 0 unspecified atom stereocenters. The number of rotatable bonds is 4. The van der Waals surface area contributed by atoms with Gasteiger partial charge in [-0.1, -0.05) is 30.3 Å². The second kappa shape index (κ2) is 6.13. The molecule has 106 valence electrons. The highest BCUT2D eigenvalue weighted by atomic mass is 127. The number of halogens is 1. The maximum absolute atomic E-state index is 5.80. The van der Waals surface area contributed by atoms with Crippen molar-refractivity contribution in [1.29, 1.82) is 0 Å². The number of hydrogen-bond acceptors (Lipinski definition) is 5. The third kappa shape index (κ3) is 3.15. The minimum absolute atomic E-state index is 0.220. The highest BCUT2D eigenvalue weighted by Gasteiger charge is 2.14. The van der Waals surface area contributed by atoms with E-state index < -0.39 is 0 Å². The summed E-state index contributed by atoms with van der Waals surface area (Å²) in [5.41, 5.74) is 7.67. The lowest BCUT2D eigenvalue weighted by molar-refractivity contribution is 0.579. The predicted octanol–water partition coefficient (Wildman–Crippen LogP) is 3.54. The summed E-state index contributed by atoms with van der Waals surface area (Å²) < 4.78 is 6.28. The molecule has 0 saturated carbocycles. The highest BCUT2D eigenvalue weighted by Crippen LogP contribution is 2.29. The lowest BCUT2D eigenvalue weighted by Crippen LogP contribution is -2.08. The number of nitrogens with one attached hydrogen (secondary N) is 1. The van der Waals surface area contributed by atoms with Crippen molar-refractivity contribution < 1.29 is 4.42 Å². The van der Waals surface area contributed by atoms with Crippen molar-refractivity contribution in [3.63, 3.8) is 0 Å². The minimum Gasteiger partial charge on any atom is -0.463 e. The number of furan rings is 1. The molecule has 0 aliphatic heterocycles. The number of anilines is 2. The summed E-state index contributed by atoms with van der Waals surface area (Å²) in [6, 6.07) is 13.8. The second-order valence-electron chi connectivity index (χ2n) is 4.41. The molecule has 0 amide bonds. The minimum atomic E-state index is 0.220. The van der Waals surface area contributed by atoms with Gasteiger partial charge < -0.3 is 15.5 Å². The van der Waals surface area contributed by atoms with Gasteiger partial charge in [-0.15, -0.1) is 0 Å². The fraction of sp³-hybridized carbons (Fsp3) is 0.0667. The molecule has 0 atom stereocenters. The Morgan fingerprint density at radius 1 is 1.10 bits per heavy atom. The molecule has 6 heteroatoms. The zero-order chi connectivity index (χ0) is 14.7. The standard InChI is InChI=1S/C15H13IN4O/c16-12-13(11-7-4-8-21-11)19-15(17)20-14(12)18-9-10-5-2-1-3-6-10/h1-8H,9H2,(H3,17,18,19,20). The molecule has 0 aliphatic rings. The Bertz CT molecular complexity index is 729. The molecule has 5 nitrogen and oxygen atoms in total. The van der Waals surface area contributed by atoms with E-state index in [-0.39, 0.29) is 5.95 Å². The molecule has 0 saturated heterocycles. The van der Waals surface area contributed by atoms with E-state index in [1.165, 1.54) is 5.56 Å². The zero-order valence-corrected chi connectivity index (χ0v) is 13.2. The molecular weight excluding hydrogens is 379 g/mol. The van der Waals surface area contributed by atoms with Crippen LogP contribution >= 0.6 is 22.6 Å². The van der Waals surface area contributed by atoms with Crippen LogP contribution in [-0.4, -0.2) is 9.97 Å². The molecule has 1 aromatic carbocycles. The number of aromatic nitrogens is 2. The van der Waals surface area contributed by atoms with Crippen LogP contribution in [0.2, 0.25) is 0 Å². The van der Waals surface area contributed by atoms with E-state index in [4.69, 9.17) is 10.2 Å². The SMILES string of the molecule is Nc1nc(NCc2ccccc2)c(I)c(-c2ccco2)n1. The molecule has 0 radical (unpaired) electrons. The largest absolute Gasteiger partial charge is 0.463 e. The van der Waals surface area contributed by atoms with Crippen LogP contribution in [0.25, 0.3) is 11.5 Å². The third-order valence-electron chi connectivity index (χ3n) is 2.93. The van der Waals surface area contributed by atoms with E-state index >= 15 is 0 Å². The van der Waals surface area contributed by atoms with Crippen molar-refractivity contribution in [2.45, 2.75) is 6.54 Å². The fourth-order valence-electron chi connectivity index (χ4n) is 1.94. The molecule has 3 aromatic rings. The number of nitrogen functional groups attached to an aromatic ring is 1. The van der Waals surface area contributed by atoms with Gasteiger partial charge in [0.1, 0.15) is 11.5 Å². The molecule has 2 heterocycles. The van der Waals surface area contributed by atoms with Crippen LogP contribution in [0.4, 0.5) is 11.8 Å². The molecule has 0 bridgehead atoms. The van der Waals surface area contributed by atoms with Gasteiger partial charge in [0.05, 0.1) is 9.83 Å². The van der Waals surface area contributed by atoms with Crippen molar-refractivity contribution in [3.8, 4) is 11.5 Å². The lowest BCUT2D eigenvalue weighted by atomic mass is 10.2. The van der Waals surface area contributed by atoms with Gasteiger partial charge in [-0.25, -0.2) is 4.98 Å². The Kier molecular flexibility index (Phi) is 4.05. The Labute approximate surface area is 135 Å². The maximum Gasteiger partial charge on any atom is 0.222 e. The topological polar surface area (TPSA) is 77.0 Å². The molecular formula is C15H13IN4O. The Morgan fingerprint density at radius 2 is 1.90 bits per heavy atom. The van der Waals surface area contributed by atoms with E-state index in [2.05, 4.69) is 50.0 Å². The first-order valence-electron chi connectivity index (χ1n) is 6.39. The van der Waals surface area contributed by atoms with Gasteiger partial charge in [0.2, 0.25) is 5.95 Å². The van der Waals surface area contributed by atoms with E-state index in [0.29, 0.717) is 23.8 Å². The first-order chi connectivity index (χ1) is 10.2. The highest BCUT2D eigenvalue weighted by molar-refractivity contribution is 14.1. The number of benzene rings is 1. The van der Waals surface area contributed by atoms with Crippen LogP contribution in [0.15, 0.2) is 53.1 Å². The van der Waals surface area contributed by atoms with Crippen LogP contribution in [0.3, 0.4) is 0 Å². The summed E-state index contributed by atoms with van der Waals surface area (Å²) in [7, 11) is 0. The van der Waals surface area contributed by atoms with E-state index in [1.807, 2.05) is 30.3 Å². The zero-order valence-electron chi connectivity index (χ0n) is 11.1. The lowest BCUT2D eigenvalue weighted by Gasteiger charge is -2.10. The summed E-state index contributed by atoms with van der Waals surface area (Å²) in [5, 5.41) is 3.29. The number of nitrogens with zero attached hydrogens (tertiary/aromatic N) is 2. The maximum atomic E-state index is 5.80. The van der Waals surface area contributed by atoms with Gasteiger partial charge in [-0.2, -0.15) is 4.98 Å². The first kappa shape index (κ1) is 13.9. The molecule has 3 rings (SSSR count). The van der Waals surface area contributed by atoms with E-state index in [1.54, 1.807) is 6.26 Å². The van der Waals surface area contributed by atoms with Gasteiger partial charge in [0.25, 0.3) is 0 Å². The van der Waals surface area contributed by atoms with Crippen molar-refractivity contribution >= 4 is 34.4 Å². The molecule has 0 fully saturated rings. The van der Waals surface area contributed by atoms with Crippen LogP contribution in [0.5, 0.6) is 0 Å². The van der Waals surface area contributed by atoms with E-state index in [0.717, 1.165) is 3.57 Å². The monoisotopic (exact) mass is 392 g/mol. The molecule has 2 aromatic heterocycles. The second-order valence-corrected chi connectivity index (χ2v) is 5.49. The number of hydrogen-bond donors (Lipinski definition) is 2. The van der Waals surface area contributed by atoms with Gasteiger partial charge in [-0.3, -0.25) is 0 Å². The van der Waals surface area contributed by atoms with Gasteiger partial charge in [0, 0.05) is 6.54 Å². The Morgan fingerprint density at radius 3 is 2.62 bits per heavy atom. The summed E-state index contributed by atoms with van der Waals surface area (Å²) in [4.78, 5) is 8.52. The van der Waals surface area contributed by atoms with Crippen molar-refractivity contribution in [3.05, 3.63) is 57.9 Å². The van der Waals surface area contributed by atoms with Crippen molar-refractivity contribution in [2.75, 3.05) is 11.1 Å². The fourth-order valence-corrected chi connectivity index (χ4v) is 2.64. The van der Waals surface area contributed by atoms with E-state index in [9.17, 15) is 0 Å². The number of nitrogens with two attached hydrogens (primary N) is 1. The van der Waals surface area contributed by atoms with Gasteiger partial charge in [0.15, 0.2) is 5.76 Å². The summed E-state index contributed by atoms with van der Waals surface area (Å²) >= 11 is 2.20. The summed E-state index contributed by atoms with van der Waals surface area (Å²) in [6.45, 7) is 0.672. The Hall–Kier alpha value is -2.09.